The fourth-order valence-electron chi connectivity index (χ4n) is 4.84. The molecular weight excluding hydrogens is 471 g/mol. The Morgan fingerprint density at radius 2 is 1.83 bits per heavy atom. The molecule has 35 heavy (non-hydrogen) atoms. The number of benzene rings is 2. The lowest BCUT2D eigenvalue weighted by Gasteiger charge is -2.30. The van der Waals surface area contributed by atoms with E-state index in [1.807, 2.05) is 18.2 Å². The molecule has 0 radical (unpaired) electrons. The second kappa shape index (κ2) is 9.73. The molecule has 1 saturated heterocycles. The summed E-state index contributed by atoms with van der Waals surface area (Å²) < 4.78 is 25.3. The molecule has 2 heterocycles. The van der Waals surface area contributed by atoms with Crippen molar-refractivity contribution < 1.29 is 28.2 Å². The van der Waals surface area contributed by atoms with Crippen molar-refractivity contribution in [1.29, 1.82) is 0 Å². The maximum absolute atomic E-state index is 13.9. The highest BCUT2D eigenvalue weighted by Gasteiger charge is 2.43. The lowest BCUT2D eigenvalue weighted by Crippen LogP contribution is -2.45. The first-order chi connectivity index (χ1) is 17.0. The van der Waals surface area contributed by atoms with E-state index in [1.54, 1.807) is 18.2 Å². The van der Waals surface area contributed by atoms with Gasteiger partial charge in [0.2, 0.25) is 5.91 Å². The lowest BCUT2D eigenvalue weighted by atomic mass is 9.77. The van der Waals surface area contributed by atoms with Crippen LogP contribution in [-0.2, 0) is 15.0 Å². The Hall–Kier alpha value is -3.33. The lowest BCUT2D eigenvalue weighted by molar-refractivity contribution is -0.127. The molecule has 3 aliphatic rings. The Morgan fingerprint density at radius 1 is 1.09 bits per heavy atom. The topological polar surface area (TPSA) is 84.9 Å². The van der Waals surface area contributed by atoms with Gasteiger partial charge in [0, 0.05) is 18.7 Å². The van der Waals surface area contributed by atoms with Gasteiger partial charge in [-0.1, -0.05) is 37.1 Å². The molecule has 182 valence electrons. The zero-order valence-corrected chi connectivity index (χ0v) is 19.9. The van der Waals surface area contributed by atoms with E-state index in [-0.39, 0.29) is 29.5 Å². The van der Waals surface area contributed by atoms with Gasteiger partial charge in [-0.25, -0.2) is 4.39 Å². The standard InChI is InChI=1S/C26H25FN2O5S/c27-19-6-2-1-5-17(19)15-22-23(30)29(25(32)35-22)12-11-28-24(31)26(9-3-4-10-26)18-7-8-20-21(16-18)34-14-13-33-20/h1-2,5-8,15-16H,3-4,9-14H2,(H,28,31)/b22-15-. The predicted molar refractivity (Wildman–Crippen MR) is 130 cm³/mol. The monoisotopic (exact) mass is 496 g/mol. The number of halogens is 1. The molecule has 3 amide bonds. The number of imide groups is 1. The van der Waals surface area contributed by atoms with Gasteiger partial charge in [-0.15, -0.1) is 0 Å². The molecule has 0 aromatic heterocycles. The van der Waals surface area contributed by atoms with Crippen LogP contribution < -0.4 is 14.8 Å². The van der Waals surface area contributed by atoms with Crippen molar-refractivity contribution in [2.24, 2.45) is 0 Å². The van der Waals surface area contributed by atoms with Gasteiger partial charge >= 0.3 is 0 Å². The van der Waals surface area contributed by atoms with E-state index in [2.05, 4.69) is 5.32 Å². The van der Waals surface area contributed by atoms with Crippen LogP contribution in [0.4, 0.5) is 9.18 Å². The van der Waals surface area contributed by atoms with E-state index in [9.17, 15) is 18.8 Å². The summed E-state index contributed by atoms with van der Waals surface area (Å²) >= 11 is 0.772. The number of carbonyl (C=O) groups is 3. The molecule has 9 heteroatoms. The van der Waals surface area contributed by atoms with Crippen molar-refractivity contribution in [2.45, 2.75) is 31.1 Å². The van der Waals surface area contributed by atoms with Crippen molar-refractivity contribution >= 4 is 34.9 Å². The number of thioether (sulfide) groups is 1. The minimum absolute atomic E-state index is 0.0439. The second-order valence-corrected chi connectivity index (χ2v) is 9.75. The fraction of sp³-hybridized carbons (Fsp3) is 0.346. The van der Waals surface area contributed by atoms with Crippen molar-refractivity contribution in [3.8, 4) is 11.5 Å². The predicted octanol–water partition coefficient (Wildman–Crippen LogP) is 4.26. The van der Waals surface area contributed by atoms with Gasteiger partial charge in [-0.2, -0.15) is 0 Å². The maximum atomic E-state index is 13.9. The summed E-state index contributed by atoms with van der Waals surface area (Å²) in [5.41, 5.74) is 0.448. The Kier molecular flexibility index (Phi) is 6.51. The third kappa shape index (κ3) is 4.52. The average molecular weight is 497 g/mol. The van der Waals surface area contributed by atoms with Crippen LogP contribution in [0, 0.1) is 5.82 Å². The number of hydrogen-bond acceptors (Lipinski definition) is 6. The fourth-order valence-corrected chi connectivity index (χ4v) is 5.70. The normalized spacial score (nSPS) is 19.9. The van der Waals surface area contributed by atoms with Gasteiger partial charge in [0.1, 0.15) is 19.0 Å². The first-order valence-electron chi connectivity index (χ1n) is 11.7. The van der Waals surface area contributed by atoms with E-state index >= 15 is 0 Å². The molecule has 2 aliphatic heterocycles. The van der Waals surface area contributed by atoms with E-state index in [0.717, 1.165) is 35.1 Å². The largest absolute Gasteiger partial charge is 0.486 e. The van der Waals surface area contributed by atoms with E-state index in [1.165, 1.54) is 12.1 Å². The van der Waals surface area contributed by atoms with Crippen molar-refractivity contribution in [3.63, 3.8) is 0 Å². The quantitative estimate of drug-likeness (QED) is 0.602. The van der Waals surface area contributed by atoms with Crippen molar-refractivity contribution in [2.75, 3.05) is 26.3 Å². The summed E-state index contributed by atoms with van der Waals surface area (Å²) in [6, 6.07) is 11.7. The SMILES string of the molecule is O=C1S/C(=C\c2ccccc2F)C(=O)N1CCNC(=O)C1(c2ccc3c(c2)OCCO3)CCCC1. The molecule has 1 aliphatic carbocycles. The van der Waals surface area contributed by atoms with Gasteiger partial charge in [-0.05, 0) is 54.4 Å². The van der Waals surface area contributed by atoms with E-state index < -0.39 is 22.4 Å². The number of ether oxygens (including phenoxy) is 2. The number of rotatable bonds is 6. The molecule has 5 rings (SSSR count). The summed E-state index contributed by atoms with van der Waals surface area (Å²) in [6.07, 6.45) is 4.68. The zero-order valence-electron chi connectivity index (χ0n) is 19.1. The number of fused-ring (bicyclic) bond motifs is 1. The summed E-state index contributed by atoms with van der Waals surface area (Å²) in [5.74, 6) is 0.247. The number of nitrogens with zero attached hydrogens (tertiary/aromatic N) is 1. The highest BCUT2D eigenvalue weighted by Crippen LogP contribution is 2.44. The molecule has 2 aromatic rings. The summed E-state index contributed by atoms with van der Waals surface area (Å²) in [7, 11) is 0. The molecule has 0 bridgehead atoms. The van der Waals surface area contributed by atoms with Crippen LogP contribution in [0.2, 0.25) is 0 Å². The van der Waals surface area contributed by atoms with Crippen molar-refractivity contribution in [3.05, 3.63) is 64.3 Å². The Labute approximate surface area is 206 Å². The Morgan fingerprint density at radius 3 is 2.60 bits per heavy atom. The van der Waals surface area contributed by atoms with E-state index in [0.29, 0.717) is 37.6 Å². The van der Waals surface area contributed by atoms with Gasteiger partial charge in [-0.3, -0.25) is 19.3 Å². The molecule has 7 nitrogen and oxygen atoms in total. The van der Waals surface area contributed by atoms with Crippen LogP contribution in [-0.4, -0.2) is 48.3 Å². The Balaban J connectivity index is 1.25. The molecule has 1 saturated carbocycles. The molecule has 0 unspecified atom stereocenters. The van der Waals surface area contributed by atoms with Crippen molar-refractivity contribution in [1.82, 2.24) is 10.2 Å². The maximum Gasteiger partial charge on any atom is 0.293 e. The minimum atomic E-state index is -0.681. The third-order valence-electron chi connectivity index (χ3n) is 6.67. The summed E-state index contributed by atoms with van der Waals surface area (Å²) in [6.45, 7) is 1.15. The molecule has 2 fully saturated rings. The molecular formula is C26H25FN2O5S. The first kappa shape index (κ1) is 23.4. The summed E-state index contributed by atoms with van der Waals surface area (Å²) in [5, 5.41) is 2.50. The van der Waals surface area contributed by atoms with Gasteiger partial charge in [0.15, 0.2) is 11.5 Å². The number of nitrogens with one attached hydrogen (secondary N) is 1. The van der Waals surface area contributed by atoms with E-state index in [4.69, 9.17) is 9.47 Å². The smallest absolute Gasteiger partial charge is 0.293 e. The Bertz CT molecular complexity index is 1210. The number of carbonyl (C=O) groups excluding carboxylic acids is 3. The van der Waals surface area contributed by atoms with Gasteiger partial charge in [0.25, 0.3) is 11.1 Å². The van der Waals surface area contributed by atoms with Gasteiger partial charge < -0.3 is 14.8 Å². The molecule has 2 aromatic carbocycles. The van der Waals surface area contributed by atoms with Crippen LogP contribution in [0.3, 0.4) is 0 Å². The minimum Gasteiger partial charge on any atom is -0.486 e. The average Bonchev–Trinajstić information content (AvgIpc) is 3.47. The second-order valence-electron chi connectivity index (χ2n) is 8.76. The highest BCUT2D eigenvalue weighted by atomic mass is 32.2. The first-order valence-corrected chi connectivity index (χ1v) is 12.5. The van der Waals surface area contributed by atoms with Gasteiger partial charge in [0.05, 0.1) is 10.3 Å². The molecule has 1 N–H and O–H groups in total. The van der Waals surface area contributed by atoms with Crippen LogP contribution in [0.25, 0.3) is 6.08 Å². The molecule has 0 atom stereocenters. The highest BCUT2D eigenvalue weighted by molar-refractivity contribution is 8.18. The number of amides is 3. The zero-order chi connectivity index (χ0) is 24.4. The van der Waals surface area contributed by atoms with Crippen LogP contribution >= 0.6 is 11.8 Å². The number of hydrogen-bond donors (Lipinski definition) is 1. The molecule has 0 spiro atoms. The third-order valence-corrected chi connectivity index (χ3v) is 7.58. The van der Waals surface area contributed by atoms with Crippen LogP contribution in [0.5, 0.6) is 11.5 Å². The van der Waals surface area contributed by atoms with Crippen LogP contribution in [0.1, 0.15) is 36.8 Å². The van der Waals surface area contributed by atoms with Crippen LogP contribution in [0.15, 0.2) is 47.4 Å². The summed E-state index contributed by atoms with van der Waals surface area (Å²) in [4.78, 5) is 39.8.